The highest BCUT2D eigenvalue weighted by Crippen LogP contribution is 2.44. The molecular weight excluding hydrogens is 523 g/mol. The van der Waals surface area contributed by atoms with Crippen molar-refractivity contribution < 1.29 is 27.9 Å². The summed E-state index contributed by atoms with van der Waals surface area (Å²) in [6.45, 7) is 1.63. The third-order valence-corrected chi connectivity index (χ3v) is 7.48. The number of hydrogen-bond donors (Lipinski definition) is 0. The molecule has 0 saturated heterocycles. The van der Waals surface area contributed by atoms with Crippen molar-refractivity contribution in [1.29, 1.82) is 0 Å². The second kappa shape index (κ2) is 9.48. The summed E-state index contributed by atoms with van der Waals surface area (Å²) in [7, 11) is 1.26. The summed E-state index contributed by atoms with van der Waals surface area (Å²) in [6.07, 6.45) is 0. The summed E-state index contributed by atoms with van der Waals surface area (Å²) >= 11 is 0.966. The van der Waals surface area contributed by atoms with Crippen LogP contribution < -0.4 is 15.1 Å². The summed E-state index contributed by atoms with van der Waals surface area (Å²) < 4.78 is 30.8. The molecule has 10 heteroatoms. The van der Waals surface area contributed by atoms with E-state index in [1.807, 2.05) is 18.2 Å². The maximum atomic E-state index is 14.1. The number of carbonyl (C=O) groups is 2. The summed E-state index contributed by atoms with van der Waals surface area (Å²) in [5, 5.41) is 0.189. The smallest absolute Gasteiger partial charge is 0.350 e. The second-order valence-electron chi connectivity index (χ2n) is 8.78. The first-order valence-electron chi connectivity index (χ1n) is 11.8. The van der Waals surface area contributed by atoms with Crippen molar-refractivity contribution in [2.75, 3.05) is 12.0 Å². The molecule has 194 valence electrons. The van der Waals surface area contributed by atoms with Gasteiger partial charge in [-0.2, -0.15) is 0 Å². The molecule has 0 bridgehead atoms. The van der Waals surface area contributed by atoms with Gasteiger partial charge in [0.15, 0.2) is 10.6 Å². The van der Waals surface area contributed by atoms with Gasteiger partial charge in [0.05, 0.1) is 29.8 Å². The summed E-state index contributed by atoms with van der Waals surface area (Å²) in [5.74, 6) is -0.909. The average molecular weight is 543 g/mol. The van der Waals surface area contributed by atoms with Gasteiger partial charge in [0.2, 0.25) is 5.76 Å². The lowest BCUT2D eigenvalue weighted by Crippen LogP contribution is -2.29. The highest BCUT2D eigenvalue weighted by atomic mass is 32.1. The lowest BCUT2D eigenvalue weighted by atomic mass is 9.98. The van der Waals surface area contributed by atoms with Gasteiger partial charge in [0.1, 0.15) is 27.8 Å². The number of aromatic nitrogens is 1. The first kappa shape index (κ1) is 24.5. The first-order chi connectivity index (χ1) is 18.9. The summed E-state index contributed by atoms with van der Waals surface area (Å²) in [4.78, 5) is 45.9. The molecule has 8 nitrogen and oxygen atoms in total. The molecular formula is C29H19FN2O6S. The van der Waals surface area contributed by atoms with Crippen LogP contribution >= 0.6 is 11.3 Å². The van der Waals surface area contributed by atoms with E-state index >= 15 is 0 Å². The number of esters is 1. The average Bonchev–Trinajstić information content (AvgIpc) is 3.46. The Morgan fingerprint density at radius 1 is 1.03 bits per heavy atom. The fourth-order valence-electron chi connectivity index (χ4n) is 4.60. The zero-order valence-electron chi connectivity index (χ0n) is 20.6. The van der Waals surface area contributed by atoms with Crippen LogP contribution in [-0.4, -0.2) is 24.0 Å². The Morgan fingerprint density at radius 2 is 1.79 bits per heavy atom. The molecule has 0 N–H and O–H groups in total. The fourth-order valence-corrected chi connectivity index (χ4v) is 5.61. The normalized spacial score (nSPS) is 14.5. The number of anilines is 1. The Labute approximate surface area is 224 Å². The molecule has 1 atom stereocenters. The number of amides is 1. The van der Waals surface area contributed by atoms with E-state index in [0.29, 0.717) is 22.8 Å². The third-order valence-electron chi connectivity index (χ3n) is 6.35. The predicted molar refractivity (Wildman–Crippen MR) is 142 cm³/mol. The molecule has 1 unspecified atom stereocenters. The lowest BCUT2D eigenvalue weighted by molar-refractivity contribution is 0.0605. The van der Waals surface area contributed by atoms with Crippen LogP contribution in [0.5, 0.6) is 11.5 Å². The molecule has 0 aliphatic carbocycles. The van der Waals surface area contributed by atoms with Gasteiger partial charge in [0, 0.05) is 0 Å². The maximum Gasteiger partial charge on any atom is 0.350 e. The van der Waals surface area contributed by atoms with Crippen molar-refractivity contribution in [1.82, 2.24) is 4.98 Å². The quantitative estimate of drug-likeness (QED) is 0.250. The van der Waals surface area contributed by atoms with E-state index in [-0.39, 0.29) is 32.3 Å². The number of ether oxygens (including phenoxy) is 2. The van der Waals surface area contributed by atoms with Crippen molar-refractivity contribution in [2.45, 2.75) is 13.0 Å². The predicted octanol–water partition coefficient (Wildman–Crippen LogP) is 6.03. The zero-order chi connectivity index (χ0) is 27.3. The zero-order valence-corrected chi connectivity index (χ0v) is 21.5. The number of para-hydroxylation sites is 1. The van der Waals surface area contributed by atoms with Gasteiger partial charge < -0.3 is 13.9 Å². The Morgan fingerprint density at radius 3 is 2.56 bits per heavy atom. The number of hydrogen-bond acceptors (Lipinski definition) is 8. The molecule has 5 aromatic rings. The highest BCUT2D eigenvalue weighted by molar-refractivity contribution is 7.17. The van der Waals surface area contributed by atoms with E-state index in [0.717, 1.165) is 23.5 Å². The van der Waals surface area contributed by atoms with Crippen LogP contribution in [0.25, 0.3) is 11.0 Å². The molecule has 0 spiro atoms. The standard InChI is InChI=1S/C29H19FN2O6S/c1-15-26(28(35)36-2)39-29(31-15)32-23(16-7-6-10-19(13-16)37-18-8-4-3-5-9-18)22-24(33)20-14-17(30)11-12-21(20)38-25(22)27(32)34/h3-14,23H,1-2H3. The van der Waals surface area contributed by atoms with Gasteiger partial charge in [-0.25, -0.2) is 14.2 Å². The number of fused-ring (bicyclic) bond motifs is 2. The number of halogens is 1. The molecule has 3 aromatic carbocycles. The van der Waals surface area contributed by atoms with E-state index in [4.69, 9.17) is 13.9 Å². The Balaban J connectivity index is 1.56. The number of benzene rings is 3. The van der Waals surface area contributed by atoms with Crippen molar-refractivity contribution in [2.24, 2.45) is 0 Å². The lowest BCUT2D eigenvalue weighted by Gasteiger charge is -2.23. The Kier molecular flexibility index (Phi) is 5.96. The largest absolute Gasteiger partial charge is 0.465 e. The molecule has 1 aliphatic rings. The fraction of sp³-hybridized carbons (Fsp3) is 0.103. The third kappa shape index (κ3) is 4.15. The number of methoxy groups -OCH3 is 1. The molecule has 0 fully saturated rings. The number of rotatable bonds is 5. The van der Waals surface area contributed by atoms with E-state index in [1.54, 1.807) is 43.3 Å². The molecule has 1 amide bonds. The maximum absolute atomic E-state index is 14.1. The van der Waals surface area contributed by atoms with Gasteiger partial charge in [-0.15, -0.1) is 0 Å². The number of carbonyl (C=O) groups excluding carboxylic acids is 2. The minimum Gasteiger partial charge on any atom is -0.465 e. The molecule has 3 heterocycles. The van der Waals surface area contributed by atoms with Gasteiger partial charge in [-0.1, -0.05) is 41.7 Å². The summed E-state index contributed by atoms with van der Waals surface area (Å²) in [5.41, 5.74) is 0.494. The van der Waals surface area contributed by atoms with Crippen molar-refractivity contribution in [3.05, 3.63) is 116 Å². The summed E-state index contributed by atoms with van der Waals surface area (Å²) in [6, 6.07) is 18.7. The first-order valence-corrected chi connectivity index (χ1v) is 12.7. The minimum absolute atomic E-state index is 0.00987. The minimum atomic E-state index is -0.980. The molecule has 1 aliphatic heterocycles. The van der Waals surface area contributed by atoms with E-state index in [2.05, 4.69) is 4.98 Å². The SMILES string of the molecule is COC(=O)c1sc(N2C(=O)c3oc4ccc(F)cc4c(=O)c3C2c2cccc(Oc3ccccc3)c2)nc1C. The van der Waals surface area contributed by atoms with Crippen LogP contribution in [0.15, 0.2) is 82.0 Å². The Hall–Kier alpha value is -4.83. The topological polar surface area (TPSA) is 98.9 Å². The van der Waals surface area contributed by atoms with Gasteiger partial charge >= 0.3 is 5.97 Å². The van der Waals surface area contributed by atoms with Gasteiger partial charge in [-0.05, 0) is 55.0 Å². The van der Waals surface area contributed by atoms with E-state index in [1.165, 1.54) is 18.1 Å². The van der Waals surface area contributed by atoms with Crippen LogP contribution in [-0.2, 0) is 4.74 Å². The Bertz CT molecular complexity index is 1830. The number of aryl methyl sites for hydroxylation is 1. The van der Waals surface area contributed by atoms with Crippen LogP contribution in [0.1, 0.15) is 43.1 Å². The monoisotopic (exact) mass is 542 g/mol. The number of nitrogens with zero attached hydrogens (tertiary/aromatic N) is 2. The molecule has 39 heavy (non-hydrogen) atoms. The van der Waals surface area contributed by atoms with Crippen LogP contribution in [0.3, 0.4) is 0 Å². The van der Waals surface area contributed by atoms with Gasteiger partial charge in [0.25, 0.3) is 5.91 Å². The van der Waals surface area contributed by atoms with E-state index < -0.39 is 29.2 Å². The number of thiazole rings is 1. The molecule has 6 rings (SSSR count). The highest BCUT2D eigenvalue weighted by Gasteiger charge is 2.45. The van der Waals surface area contributed by atoms with E-state index in [9.17, 15) is 18.8 Å². The molecule has 2 aromatic heterocycles. The van der Waals surface area contributed by atoms with Crippen LogP contribution in [0.4, 0.5) is 9.52 Å². The van der Waals surface area contributed by atoms with Crippen molar-refractivity contribution in [3.63, 3.8) is 0 Å². The van der Waals surface area contributed by atoms with Gasteiger partial charge in [-0.3, -0.25) is 14.5 Å². The van der Waals surface area contributed by atoms with Crippen molar-refractivity contribution >= 4 is 39.3 Å². The molecule has 0 saturated carbocycles. The second-order valence-corrected chi connectivity index (χ2v) is 9.76. The molecule has 0 radical (unpaired) electrons. The van der Waals surface area contributed by atoms with Crippen LogP contribution in [0, 0.1) is 12.7 Å². The van der Waals surface area contributed by atoms with Crippen molar-refractivity contribution in [3.8, 4) is 11.5 Å². The van der Waals surface area contributed by atoms with Crippen LogP contribution in [0.2, 0.25) is 0 Å².